The third-order valence-corrected chi connectivity index (χ3v) is 16.8. The summed E-state index contributed by atoms with van der Waals surface area (Å²) in [5.74, 6) is 5.14. The van der Waals surface area contributed by atoms with E-state index < -0.39 is 0 Å². The number of hydrogen-bond donors (Lipinski definition) is 0. The molecule has 0 radical (unpaired) electrons. The summed E-state index contributed by atoms with van der Waals surface area (Å²) in [6.45, 7) is 14.0. The van der Waals surface area contributed by atoms with E-state index in [4.69, 9.17) is 23.7 Å². The number of likely N-dealkylation sites (tertiary alicyclic amines) is 4. The largest absolute Gasteiger partial charge is 0.465 e. The van der Waals surface area contributed by atoms with E-state index in [2.05, 4.69) is 19.6 Å². The number of carbonyl (C=O) groups is 4. The second-order valence-electron chi connectivity index (χ2n) is 18.5. The minimum Gasteiger partial charge on any atom is -0.465 e. The summed E-state index contributed by atoms with van der Waals surface area (Å²) in [6, 6.07) is 0. The first-order valence-corrected chi connectivity index (χ1v) is 28.9. The summed E-state index contributed by atoms with van der Waals surface area (Å²) in [4.78, 5) is 58.2. The number of hydrogen-bond acceptors (Lipinski definition) is 16. The predicted molar refractivity (Wildman–Crippen MR) is 262 cm³/mol. The average Bonchev–Trinajstić information content (AvgIpc) is 3.31. The molecule has 4 saturated heterocycles. The van der Waals surface area contributed by atoms with Gasteiger partial charge in [-0.3, -0.25) is 19.2 Å². The normalized spacial score (nSPS) is 19.5. The molecule has 0 aromatic carbocycles. The van der Waals surface area contributed by atoms with E-state index in [-0.39, 0.29) is 23.9 Å². The highest BCUT2D eigenvalue weighted by Crippen LogP contribution is 2.29. The Morgan fingerprint density at radius 1 is 0.422 bits per heavy atom. The minimum atomic E-state index is -0.130. The van der Waals surface area contributed by atoms with Gasteiger partial charge < -0.3 is 43.3 Å². The number of rotatable bonds is 33. The van der Waals surface area contributed by atoms with Crippen molar-refractivity contribution in [2.45, 2.75) is 116 Å². The molecule has 0 unspecified atom stereocenters. The van der Waals surface area contributed by atoms with Gasteiger partial charge in [-0.2, -0.15) is 11.8 Å². The molecule has 4 aliphatic rings. The first kappa shape index (κ1) is 55.3. The number of ether oxygens (including phenoxy) is 5. The van der Waals surface area contributed by atoms with Crippen molar-refractivity contribution in [3.63, 3.8) is 0 Å². The molecule has 0 aromatic rings. The Morgan fingerprint density at radius 2 is 0.703 bits per heavy atom. The quantitative estimate of drug-likeness (QED) is 0.0282. The second kappa shape index (κ2) is 34.9. The van der Waals surface area contributed by atoms with Gasteiger partial charge in [0.2, 0.25) is 0 Å². The molecule has 0 aliphatic carbocycles. The molecule has 0 aromatic heterocycles. The number of nitrogens with zero attached hydrogens (tertiary/aromatic N) is 4. The summed E-state index contributed by atoms with van der Waals surface area (Å²) >= 11 is 1.70. The maximum atomic E-state index is 12.4. The molecule has 4 rings (SSSR count). The zero-order valence-corrected chi connectivity index (χ0v) is 42.3. The predicted octanol–water partition coefficient (Wildman–Crippen LogP) is 7.30. The van der Waals surface area contributed by atoms with Crippen LogP contribution in [0.4, 0.5) is 0 Å². The standard InChI is InChI=1S/C48H86N4O9S3/c1-57-33-34-58-45(53)17-29-49-21-9-41(10-22-49)5-3-7-43-13-25-51(26-14-43)31-19-47(55)60-36-39-63-64-40-37-61-48(56)20-32-52-27-15-44(16-28-52)8-4-6-42-11-23-50(24-12-42)30-18-46(54)59-35-38-62-2/h41-44H,3-40H2,1-2H3. The van der Waals surface area contributed by atoms with Crippen LogP contribution >= 0.6 is 33.3 Å². The Labute approximate surface area is 399 Å². The topological polar surface area (TPSA) is 127 Å². The zero-order valence-electron chi connectivity index (χ0n) is 39.9. The molecule has 0 saturated carbocycles. The van der Waals surface area contributed by atoms with Gasteiger partial charge in [0.25, 0.3) is 0 Å². The fraction of sp³-hybridized carbons (Fsp3) is 0.917. The van der Waals surface area contributed by atoms with Crippen LogP contribution in [-0.2, 0) is 42.9 Å². The van der Waals surface area contributed by atoms with Crippen molar-refractivity contribution in [3.8, 4) is 0 Å². The molecule has 0 spiro atoms. The van der Waals surface area contributed by atoms with Crippen LogP contribution in [0.5, 0.6) is 0 Å². The maximum Gasteiger partial charge on any atom is 0.307 e. The Balaban J connectivity index is 0.863. The molecule has 64 heavy (non-hydrogen) atoms. The fourth-order valence-corrected chi connectivity index (χ4v) is 11.5. The molecule has 0 bridgehead atoms. The van der Waals surface area contributed by atoms with Gasteiger partial charge in [0.1, 0.15) is 26.4 Å². The van der Waals surface area contributed by atoms with Gasteiger partial charge in [-0.05, 0) is 134 Å². The Morgan fingerprint density at radius 3 is 0.984 bits per heavy atom. The van der Waals surface area contributed by atoms with Crippen molar-refractivity contribution in [3.05, 3.63) is 0 Å². The summed E-state index contributed by atoms with van der Waals surface area (Å²) in [5.41, 5.74) is 0. The van der Waals surface area contributed by atoms with Gasteiger partial charge in [0.05, 0.1) is 32.3 Å². The summed E-state index contributed by atoms with van der Waals surface area (Å²) in [5, 5.41) is 0. The first-order chi connectivity index (χ1) is 31.3. The van der Waals surface area contributed by atoms with Crippen LogP contribution < -0.4 is 0 Å². The third-order valence-electron chi connectivity index (χ3n) is 13.9. The summed E-state index contributed by atoms with van der Waals surface area (Å²) in [6.07, 6.45) is 21.7. The van der Waals surface area contributed by atoms with Crippen LogP contribution in [0.1, 0.15) is 116 Å². The van der Waals surface area contributed by atoms with Crippen LogP contribution in [0.25, 0.3) is 0 Å². The van der Waals surface area contributed by atoms with E-state index >= 15 is 0 Å². The molecule has 4 fully saturated rings. The van der Waals surface area contributed by atoms with Gasteiger partial charge in [-0.25, -0.2) is 0 Å². The summed E-state index contributed by atoms with van der Waals surface area (Å²) < 4.78 is 26.4. The Bertz CT molecular complexity index is 1160. The zero-order chi connectivity index (χ0) is 45.5. The van der Waals surface area contributed by atoms with E-state index in [1.165, 1.54) is 89.9 Å². The minimum absolute atomic E-state index is 0.0643. The van der Waals surface area contributed by atoms with Crippen molar-refractivity contribution >= 4 is 57.2 Å². The smallest absolute Gasteiger partial charge is 0.307 e. The molecular formula is C48H86N4O9S3. The van der Waals surface area contributed by atoms with Gasteiger partial charge in [-0.15, -0.1) is 0 Å². The lowest BCUT2D eigenvalue weighted by Gasteiger charge is -2.33. The summed E-state index contributed by atoms with van der Waals surface area (Å²) in [7, 11) is 4.93. The molecular weight excluding hydrogens is 873 g/mol. The van der Waals surface area contributed by atoms with Crippen LogP contribution in [-0.4, -0.2) is 186 Å². The highest BCUT2D eigenvalue weighted by Gasteiger charge is 2.25. The maximum absolute atomic E-state index is 12.4. The van der Waals surface area contributed by atoms with Crippen LogP contribution in [0.3, 0.4) is 0 Å². The molecule has 16 heteroatoms. The molecule has 0 amide bonds. The van der Waals surface area contributed by atoms with Gasteiger partial charge in [0, 0.05) is 50.5 Å². The van der Waals surface area contributed by atoms with Crippen LogP contribution in [0, 0.1) is 23.7 Å². The average molecular weight is 959 g/mol. The van der Waals surface area contributed by atoms with Gasteiger partial charge in [-0.1, -0.05) is 60.1 Å². The van der Waals surface area contributed by atoms with E-state index in [0.29, 0.717) is 58.7 Å². The molecule has 0 atom stereocenters. The third kappa shape index (κ3) is 25.7. The van der Waals surface area contributed by atoms with Crippen LogP contribution in [0.15, 0.2) is 0 Å². The second-order valence-corrected chi connectivity index (χ2v) is 22.2. The van der Waals surface area contributed by atoms with Crippen molar-refractivity contribution in [1.82, 2.24) is 19.6 Å². The SMILES string of the molecule is COCCOC(=O)CCN1CCC(CCCC2CCN(CCC(=O)OCCSSCCOC(=O)CCN3CCC(CCCC4CCN(CCC(=O)OCCSC)CC4)CC3)CC2)CC1. The fourth-order valence-electron chi connectivity index (χ4n) is 9.65. The molecule has 0 N–H and O–H groups in total. The molecule has 370 valence electrons. The van der Waals surface area contributed by atoms with Crippen molar-refractivity contribution in [2.75, 3.05) is 142 Å². The van der Waals surface area contributed by atoms with E-state index in [1.807, 2.05) is 6.26 Å². The number of methoxy groups -OCH3 is 1. The highest BCUT2D eigenvalue weighted by atomic mass is 33.1. The lowest BCUT2D eigenvalue weighted by atomic mass is 9.87. The Hall–Kier alpha value is -1.27. The van der Waals surface area contributed by atoms with Gasteiger partial charge in [0.15, 0.2) is 0 Å². The van der Waals surface area contributed by atoms with E-state index in [1.54, 1.807) is 40.5 Å². The van der Waals surface area contributed by atoms with Crippen molar-refractivity contribution in [2.24, 2.45) is 23.7 Å². The first-order valence-electron chi connectivity index (χ1n) is 25.0. The molecule has 13 nitrogen and oxygen atoms in total. The molecule has 4 aliphatic heterocycles. The number of thioether (sulfide) groups is 1. The number of esters is 4. The van der Waals surface area contributed by atoms with E-state index in [9.17, 15) is 19.2 Å². The monoisotopic (exact) mass is 959 g/mol. The number of carbonyl (C=O) groups excluding carboxylic acids is 4. The number of piperidine rings is 4. The Kier molecular flexibility index (Phi) is 30.2. The highest BCUT2D eigenvalue weighted by molar-refractivity contribution is 8.76. The van der Waals surface area contributed by atoms with E-state index in [0.717, 1.165) is 119 Å². The van der Waals surface area contributed by atoms with Gasteiger partial charge >= 0.3 is 23.9 Å². The lowest BCUT2D eigenvalue weighted by Crippen LogP contribution is -2.36. The van der Waals surface area contributed by atoms with Crippen molar-refractivity contribution < 1.29 is 42.9 Å². The molecule has 4 heterocycles. The lowest BCUT2D eigenvalue weighted by molar-refractivity contribution is -0.145. The van der Waals surface area contributed by atoms with Crippen molar-refractivity contribution in [1.29, 1.82) is 0 Å². The van der Waals surface area contributed by atoms with Crippen LogP contribution in [0.2, 0.25) is 0 Å².